The van der Waals surface area contributed by atoms with Crippen LogP contribution in [0.4, 0.5) is 0 Å². The molecule has 2 aromatic carbocycles. The molecule has 808 valence electrons. The number of nitrogens with two attached hydrogens (primary N) is 5. The third-order valence-corrected chi connectivity index (χ3v) is 24.7. The van der Waals surface area contributed by atoms with Gasteiger partial charge < -0.3 is 150 Å². The number of nitrogens with zero attached hydrogens (tertiary/aromatic N) is 1. The number of nitrogens with one attached hydrogen (secondary N) is 21. The summed E-state index contributed by atoms with van der Waals surface area (Å²) in [4.78, 5) is 296. The van der Waals surface area contributed by atoms with Crippen LogP contribution in [0.2, 0.25) is 0 Å². The molecule has 0 spiro atoms. The Balaban J connectivity index is 1.41. The number of hydrogen-bond donors (Lipinski definition) is 29. The third-order valence-electron chi connectivity index (χ3n) is 24.1. The van der Waals surface area contributed by atoms with Crippen molar-refractivity contribution >= 4 is 153 Å². The van der Waals surface area contributed by atoms with Gasteiger partial charge in [0.1, 0.15) is 96.7 Å². The number of para-hydroxylation sites is 1. The second kappa shape index (κ2) is 63.6. The number of thioether (sulfide) groups is 1. The zero-order valence-corrected chi connectivity index (χ0v) is 85.1. The minimum atomic E-state index is -1.83. The molecule has 4 aromatic rings. The lowest BCUT2D eigenvalue weighted by atomic mass is 9.97. The molecule has 146 heavy (non-hydrogen) atoms. The number of aromatic nitrogens is 3. The van der Waals surface area contributed by atoms with Gasteiger partial charge in [0, 0.05) is 80.6 Å². The summed E-state index contributed by atoms with van der Waals surface area (Å²) < 4.78 is 0. The quantitative estimate of drug-likeness (QED) is 0.0111. The highest BCUT2D eigenvalue weighted by Gasteiger charge is 2.41. The summed E-state index contributed by atoms with van der Waals surface area (Å²) in [6.07, 6.45) is 2.75. The molecule has 0 saturated heterocycles. The molecule has 0 aliphatic rings. The fourth-order valence-electron chi connectivity index (χ4n) is 14.7. The normalized spacial score (nSPS) is 15.5. The molecule has 0 aliphatic carbocycles. The molecular formula is C94H147N27O24S. The maximum atomic E-state index is 14.8. The lowest BCUT2D eigenvalue weighted by Crippen LogP contribution is -2.62. The highest BCUT2D eigenvalue weighted by Crippen LogP contribution is 2.22. The van der Waals surface area contributed by atoms with Crippen molar-refractivity contribution in [2.45, 2.75) is 301 Å². The van der Waals surface area contributed by atoms with E-state index >= 15 is 0 Å². The minimum Gasteiger partial charge on any atom is -0.480 e. The van der Waals surface area contributed by atoms with E-state index in [1.165, 1.54) is 52.0 Å². The summed E-state index contributed by atoms with van der Waals surface area (Å²) in [6.45, 7) is 15.2. The molecule has 0 fully saturated rings. The summed E-state index contributed by atoms with van der Waals surface area (Å²) >= 11 is 1.29. The summed E-state index contributed by atoms with van der Waals surface area (Å²) in [5.74, 6) is -21.8. The number of aliphatic carboxylic acids is 1. The zero-order valence-electron chi connectivity index (χ0n) is 84.3. The number of H-pyrrole nitrogens is 2. The number of amides is 20. The van der Waals surface area contributed by atoms with Crippen LogP contribution < -0.4 is 124 Å². The smallest absolute Gasteiger partial charge is 0.326 e. The average Bonchev–Trinajstić information content (AvgIpc) is 1.66. The van der Waals surface area contributed by atoms with Crippen LogP contribution in [0.5, 0.6) is 0 Å². The SMILES string of the molecule is CC[C@H](C)[C@H](NC(=O)[C@H](C)NC(=O)[C@H](CCCNC(=N)N)NC(=O)[C@H](CCSC)NC(=O)[C@H](C)NC(=O)[C@@H](NC(=O)[C@@H](NC(=O)[C@H](CO)NC(=O)CCCCCNC(=O)[C@H](Cc1cnc[nH]1)NC(=O)[C@H](CCC(N)=O)NC(=O)[C@@H](NC(=O)[C@H](C)NC(=O)[C@H](Cc1ccccc1)NC(=O)[C@H](Cc1c[nH]c2ccccc12)NC(=O)[C@H](CCC(N)=O)NC(=O)[C@H](C)N)[C@@H](C)CC)[C@@H](C)O)[C@@H](C)CC)C(=O)N[C@@H](CC(N)=O)C(=O)O. The lowest BCUT2D eigenvalue weighted by molar-refractivity contribution is -0.144. The Labute approximate surface area is 849 Å². The van der Waals surface area contributed by atoms with Gasteiger partial charge in [-0.15, -0.1) is 0 Å². The lowest BCUT2D eigenvalue weighted by Gasteiger charge is -2.29. The van der Waals surface area contributed by atoms with E-state index in [1.807, 2.05) is 0 Å². The highest BCUT2D eigenvalue weighted by molar-refractivity contribution is 7.98. The van der Waals surface area contributed by atoms with Crippen molar-refractivity contribution in [1.82, 2.24) is 111 Å². The van der Waals surface area contributed by atoms with Crippen molar-refractivity contribution in [3.8, 4) is 0 Å². The average molecular weight is 2070 g/mol. The first kappa shape index (κ1) is 124. The van der Waals surface area contributed by atoms with Gasteiger partial charge in [-0.3, -0.25) is 101 Å². The monoisotopic (exact) mass is 2070 g/mol. The number of primary amides is 3. The van der Waals surface area contributed by atoms with Gasteiger partial charge in [-0.1, -0.05) is 116 Å². The fraction of sp³-hybridized carbons (Fsp3) is 0.585. The Hall–Kier alpha value is -14.4. The number of carbonyl (C=O) groups is 21. The molecule has 21 atom stereocenters. The van der Waals surface area contributed by atoms with Crippen molar-refractivity contribution < 1.29 is 116 Å². The van der Waals surface area contributed by atoms with Gasteiger partial charge in [-0.2, -0.15) is 11.8 Å². The second-order valence-electron chi connectivity index (χ2n) is 36.0. The number of aromatic amines is 2. The van der Waals surface area contributed by atoms with Crippen LogP contribution in [0.1, 0.15) is 189 Å². The summed E-state index contributed by atoms with van der Waals surface area (Å²) in [5, 5.41) is 84.9. The largest absolute Gasteiger partial charge is 0.480 e. The molecule has 20 amide bonds. The third kappa shape index (κ3) is 43.2. The second-order valence-corrected chi connectivity index (χ2v) is 37.0. The number of rotatable bonds is 68. The van der Waals surface area contributed by atoms with Crippen molar-refractivity contribution in [1.29, 1.82) is 5.41 Å². The van der Waals surface area contributed by atoms with Gasteiger partial charge in [-0.25, -0.2) is 9.78 Å². The summed E-state index contributed by atoms with van der Waals surface area (Å²) in [7, 11) is 0. The Morgan fingerprint density at radius 1 is 0.404 bits per heavy atom. The molecule has 34 N–H and O–H groups in total. The number of imidazole rings is 1. The molecule has 51 nitrogen and oxygen atoms in total. The number of aliphatic hydroxyl groups is 2. The van der Waals surface area contributed by atoms with Crippen LogP contribution >= 0.6 is 11.8 Å². The van der Waals surface area contributed by atoms with E-state index in [-0.39, 0.29) is 109 Å². The first-order chi connectivity index (χ1) is 69.0. The summed E-state index contributed by atoms with van der Waals surface area (Å²) in [6, 6.07) is -9.35. The number of carbonyl (C=O) groups excluding carboxylic acids is 20. The van der Waals surface area contributed by atoms with E-state index in [0.29, 0.717) is 34.1 Å². The van der Waals surface area contributed by atoms with Crippen LogP contribution in [-0.2, 0) is 120 Å². The number of fused-ring (bicyclic) bond motifs is 1. The van der Waals surface area contributed by atoms with Crippen LogP contribution in [0.15, 0.2) is 73.3 Å². The molecule has 2 aromatic heterocycles. The van der Waals surface area contributed by atoms with Gasteiger partial charge in [0.15, 0.2) is 5.96 Å². The zero-order chi connectivity index (χ0) is 109. The predicted octanol–water partition coefficient (Wildman–Crippen LogP) is -6.22. The highest BCUT2D eigenvalue weighted by atomic mass is 32.2. The number of aliphatic hydroxyl groups excluding tert-OH is 2. The van der Waals surface area contributed by atoms with Crippen LogP contribution in [-0.4, -0.2) is 301 Å². The fourth-order valence-corrected chi connectivity index (χ4v) is 15.2. The van der Waals surface area contributed by atoms with Gasteiger partial charge >= 0.3 is 5.97 Å². The van der Waals surface area contributed by atoms with Gasteiger partial charge in [-0.05, 0) is 127 Å². The molecule has 52 heteroatoms. The Morgan fingerprint density at radius 2 is 0.815 bits per heavy atom. The van der Waals surface area contributed by atoms with Gasteiger partial charge in [0.2, 0.25) is 118 Å². The maximum Gasteiger partial charge on any atom is 0.326 e. The van der Waals surface area contributed by atoms with Crippen LogP contribution in [0, 0.1) is 23.2 Å². The number of carboxylic acids is 1. The Kier molecular flexibility index (Phi) is 54.0. The van der Waals surface area contributed by atoms with Gasteiger partial charge in [0.05, 0.1) is 31.5 Å². The van der Waals surface area contributed by atoms with Gasteiger partial charge in [0.25, 0.3) is 0 Å². The predicted molar refractivity (Wildman–Crippen MR) is 535 cm³/mol. The maximum absolute atomic E-state index is 14.8. The van der Waals surface area contributed by atoms with E-state index in [4.69, 9.17) is 34.1 Å². The van der Waals surface area contributed by atoms with Crippen molar-refractivity contribution in [3.63, 3.8) is 0 Å². The van der Waals surface area contributed by atoms with E-state index in [0.717, 1.165) is 6.92 Å². The molecule has 4 rings (SSSR count). The van der Waals surface area contributed by atoms with Crippen molar-refractivity contribution in [2.75, 3.05) is 31.7 Å². The molecular weight excluding hydrogens is 1920 g/mol. The number of benzene rings is 2. The molecule has 0 unspecified atom stereocenters. The molecule has 0 saturated carbocycles. The number of unbranched alkanes of at least 4 members (excludes halogenated alkanes) is 2. The first-order valence-electron chi connectivity index (χ1n) is 48.4. The Morgan fingerprint density at radius 3 is 1.30 bits per heavy atom. The topological polar surface area (TPSA) is 834 Å². The van der Waals surface area contributed by atoms with E-state index in [9.17, 15) is 116 Å². The van der Waals surface area contributed by atoms with E-state index in [1.54, 1.807) is 109 Å². The molecule has 0 aliphatic heterocycles. The van der Waals surface area contributed by atoms with Crippen molar-refractivity contribution in [3.05, 3.63) is 90.1 Å². The minimum absolute atomic E-state index is 0.0343. The van der Waals surface area contributed by atoms with Crippen LogP contribution in [0.3, 0.4) is 0 Å². The van der Waals surface area contributed by atoms with E-state index in [2.05, 4.69) is 111 Å². The van der Waals surface area contributed by atoms with E-state index < -0.39 is 283 Å². The first-order valence-corrected chi connectivity index (χ1v) is 49.8. The molecule has 0 radical (unpaired) electrons. The summed E-state index contributed by atoms with van der Waals surface area (Å²) in [5.41, 5.74) is 29.6. The Bertz CT molecular complexity index is 5090. The van der Waals surface area contributed by atoms with Crippen LogP contribution in [0.25, 0.3) is 10.9 Å². The number of carboxylic acid groups (broad SMARTS) is 1. The molecule has 0 bridgehead atoms. The standard InChI is InChI=1S/C94H147N27O24S/c1-13-47(4)73(89(140)108-51(8)78(129)111-63(35-38-146-12)85(136)112-60(29-24-37-103-94(99)100)82(133)106-52(9)79(130)119-75(49(6)15-3)91(142)117-67(93(144)145)42-71(98)126)120-92(143)76(54(11)123)121-88(139)68(45-122)109-72(127)30-20-17-23-36-102-81(132)66(41-57-44-101-46-105-57)116-84(135)62(32-34-70(97)125)113-90(141)74(48(5)14-2)118-80(131)53(10)107-86(137)64(39-55-25-18-16-19-26-55)114-87(138)65(40-56-43-104-59-28-22-21-27-58(56)59)115-83(134)61(31-33-69(96)124)110-77(128)50(7)95/h16,18-19,21-22,25-28,43-44,46-54,60-68,73-76,104,122-123H,13-15,17,20,23-24,29-42,45,95H2,1-12H3,(H2,96,124)(H2,97,125)(H2,98,126)(H,101,105)(H,102,132)(H,106,133)(H,107,137)(H,108,140)(H,109,127)(H,110,128)(H,111,129)(H,112,136)(H,113,141)(H,114,138)(H,115,134)(H,116,135)(H,117,142)(H,118,131)(H,119,130)(H,120,143)(H,121,139)(H,144,145)(H4,99,100,103)/t47-,48-,49-,50-,51-,52-,53-,54+,60-,61-,62-,63-,64-,65-,66-,67-,68-,73-,74-,75-,76-/m0/s1. The molecule has 2 heterocycles. The van der Waals surface area contributed by atoms with Crippen molar-refractivity contribution in [2.24, 2.45) is 46.4 Å². The number of guanidine groups is 1. The number of hydrogen-bond acceptors (Lipinski definition) is 27.